The third-order valence-electron chi connectivity index (χ3n) is 3.37. The second kappa shape index (κ2) is 4.59. The second-order valence-corrected chi connectivity index (χ2v) is 6.68. The number of benzene rings is 1. The Balaban J connectivity index is 1.99. The number of nitrogens with zero attached hydrogens (tertiary/aromatic N) is 2. The van der Waals surface area contributed by atoms with E-state index in [0.717, 1.165) is 18.4 Å². The predicted molar refractivity (Wildman–Crippen MR) is 72.1 cm³/mol. The van der Waals surface area contributed by atoms with Gasteiger partial charge in [0.05, 0.1) is 11.0 Å². The van der Waals surface area contributed by atoms with Gasteiger partial charge in [-0.05, 0) is 25.0 Å². The van der Waals surface area contributed by atoms with Crippen LogP contribution in [0.2, 0.25) is 0 Å². The van der Waals surface area contributed by atoms with Crippen LogP contribution in [0.1, 0.15) is 12.8 Å². The van der Waals surface area contributed by atoms with Crippen molar-refractivity contribution in [3.8, 4) is 0 Å². The van der Waals surface area contributed by atoms with E-state index in [1.54, 1.807) is 6.07 Å². The quantitative estimate of drug-likeness (QED) is 0.846. The molecule has 0 radical (unpaired) electrons. The fraction of sp³-hybridized carbons (Fsp3) is 0.417. The molecule has 102 valence electrons. The molecule has 1 aliphatic rings. The zero-order valence-electron chi connectivity index (χ0n) is 10.4. The number of sulfonamides is 1. The largest absolute Gasteiger partial charge is 0.328 e. The number of H-pyrrole nitrogens is 1. The molecule has 7 heteroatoms. The van der Waals surface area contributed by atoms with E-state index < -0.39 is 10.0 Å². The Kier molecular flexibility index (Phi) is 3.04. The third-order valence-corrected chi connectivity index (χ3v) is 5.07. The van der Waals surface area contributed by atoms with E-state index in [1.807, 2.05) is 18.2 Å². The molecule has 0 amide bonds. The van der Waals surface area contributed by atoms with Crippen molar-refractivity contribution in [3.63, 3.8) is 0 Å². The Morgan fingerprint density at radius 2 is 2.16 bits per heavy atom. The lowest BCUT2D eigenvalue weighted by molar-refractivity contribution is 0.314. The molecule has 3 rings (SSSR count). The van der Waals surface area contributed by atoms with Gasteiger partial charge in [-0.25, -0.2) is 13.4 Å². The number of para-hydroxylation sites is 2. The van der Waals surface area contributed by atoms with Gasteiger partial charge in [0.1, 0.15) is 0 Å². The number of rotatable bonds is 2. The summed E-state index contributed by atoms with van der Waals surface area (Å²) in [7, 11) is -3.57. The van der Waals surface area contributed by atoms with Crippen LogP contribution in [-0.2, 0) is 10.0 Å². The minimum Gasteiger partial charge on any atom is -0.328 e. The van der Waals surface area contributed by atoms with E-state index in [9.17, 15) is 8.42 Å². The first-order valence-corrected chi connectivity index (χ1v) is 7.72. The molecule has 1 fully saturated rings. The maximum Gasteiger partial charge on any atom is 0.276 e. The van der Waals surface area contributed by atoms with Gasteiger partial charge in [-0.3, -0.25) is 0 Å². The maximum absolute atomic E-state index is 12.5. The lowest BCUT2D eigenvalue weighted by Gasteiger charge is -2.28. The average molecular weight is 280 g/mol. The molecule has 19 heavy (non-hydrogen) atoms. The Bertz CT molecular complexity index is 662. The molecule has 1 aromatic heterocycles. The summed E-state index contributed by atoms with van der Waals surface area (Å²) in [6.07, 6.45) is 1.66. The van der Waals surface area contributed by atoms with E-state index in [-0.39, 0.29) is 11.2 Å². The van der Waals surface area contributed by atoms with Gasteiger partial charge in [0.15, 0.2) is 0 Å². The highest BCUT2D eigenvalue weighted by molar-refractivity contribution is 7.89. The molecule has 0 spiro atoms. The molecule has 1 atom stereocenters. The topological polar surface area (TPSA) is 92.1 Å². The Labute approximate surface area is 111 Å². The molecule has 1 aliphatic heterocycles. The number of fused-ring (bicyclic) bond motifs is 1. The van der Waals surface area contributed by atoms with Gasteiger partial charge in [-0.1, -0.05) is 12.1 Å². The highest BCUT2D eigenvalue weighted by Gasteiger charge is 2.31. The SMILES string of the molecule is N[C@H]1CCCN(S(=O)(=O)c2nc3ccccc3[nH]2)C1. The molecule has 1 saturated heterocycles. The summed E-state index contributed by atoms with van der Waals surface area (Å²) in [4.78, 5) is 7.03. The van der Waals surface area contributed by atoms with Gasteiger partial charge in [0.25, 0.3) is 10.0 Å². The van der Waals surface area contributed by atoms with Gasteiger partial charge in [-0.15, -0.1) is 0 Å². The van der Waals surface area contributed by atoms with Crippen LogP contribution in [0.5, 0.6) is 0 Å². The van der Waals surface area contributed by atoms with E-state index in [4.69, 9.17) is 5.73 Å². The van der Waals surface area contributed by atoms with Crippen LogP contribution in [0, 0.1) is 0 Å². The molecular weight excluding hydrogens is 264 g/mol. The first-order valence-electron chi connectivity index (χ1n) is 6.28. The Hall–Kier alpha value is -1.44. The predicted octanol–water partition coefficient (Wildman–Crippen LogP) is 0.675. The van der Waals surface area contributed by atoms with E-state index in [0.29, 0.717) is 18.6 Å². The smallest absolute Gasteiger partial charge is 0.276 e. The molecule has 1 aromatic carbocycles. The highest BCUT2D eigenvalue weighted by atomic mass is 32.2. The van der Waals surface area contributed by atoms with Gasteiger partial charge in [-0.2, -0.15) is 4.31 Å². The van der Waals surface area contributed by atoms with Crippen molar-refractivity contribution in [2.75, 3.05) is 13.1 Å². The molecule has 0 unspecified atom stereocenters. The number of hydrogen-bond donors (Lipinski definition) is 2. The number of nitrogens with two attached hydrogens (primary N) is 1. The van der Waals surface area contributed by atoms with Crippen LogP contribution in [0.3, 0.4) is 0 Å². The number of aromatic nitrogens is 2. The monoisotopic (exact) mass is 280 g/mol. The molecule has 6 nitrogen and oxygen atoms in total. The van der Waals surface area contributed by atoms with Crippen molar-refractivity contribution in [3.05, 3.63) is 24.3 Å². The number of imidazole rings is 1. The van der Waals surface area contributed by atoms with Crippen LogP contribution in [0.25, 0.3) is 11.0 Å². The summed E-state index contributed by atoms with van der Waals surface area (Å²) in [5.41, 5.74) is 7.22. The molecular formula is C12H16N4O2S. The molecule has 2 aromatic rings. The Morgan fingerprint density at radius 1 is 1.37 bits per heavy atom. The summed E-state index contributed by atoms with van der Waals surface area (Å²) in [5.74, 6) is 0. The van der Waals surface area contributed by atoms with Crippen molar-refractivity contribution in [1.82, 2.24) is 14.3 Å². The summed E-state index contributed by atoms with van der Waals surface area (Å²) >= 11 is 0. The van der Waals surface area contributed by atoms with Crippen LogP contribution in [0.15, 0.2) is 29.4 Å². The van der Waals surface area contributed by atoms with E-state index in [1.165, 1.54) is 4.31 Å². The molecule has 0 saturated carbocycles. The fourth-order valence-electron chi connectivity index (χ4n) is 2.37. The first-order chi connectivity index (χ1) is 9.07. The lowest BCUT2D eigenvalue weighted by Crippen LogP contribution is -2.45. The number of piperidine rings is 1. The molecule has 0 bridgehead atoms. The number of nitrogens with one attached hydrogen (secondary N) is 1. The standard InChI is InChI=1S/C12H16N4O2S/c13-9-4-3-7-16(8-9)19(17,18)12-14-10-5-1-2-6-11(10)15-12/h1-2,5-6,9H,3-4,7-8,13H2,(H,14,15)/t9-/m0/s1. The van der Waals surface area contributed by atoms with Gasteiger partial charge in [0.2, 0.25) is 5.16 Å². The summed E-state index contributed by atoms with van der Waals surface area (Å²) in [6, 6.07) is 7.17. The minimum absolute atomic E-state index is 0.00259. The van der Waals surface area contributed by atoms with Gasteiger partial charge in [0, 0.05) is 19.1 Å². The summed E-state index contributed by atoms with van der Waals surface area (Å²) in [5, 5.41) is 0.00259. The van der Waals surface area contributed by atoms with Crippen molar-refractivity contribution in [1.29, 1.82) is 0 Å². The number of hydrogen-bond acceptors (Lipinski definition) is 4. The first kappa shape index (κ1) is 12.6. The summed E-state index contributed by atoms with van der Waals surface area (Å²) in [6.45, 7) is 0.868. The zero-order valence-corrected chi connectivity index (χ0v) is 11.2. The zero-order chi connectivity index (χ0) is 13.5. The maximum atomic E-state index is 12.5. The highest BCUT2D eigenvalue weighted by Crippen LogP contribution is 2.20. The van der Waals surface area contributed by atoms with Crippen LogP contribution in [-0.4, -0.2) is 41.8 Å². The van der Waals surface area contributed by atoms with Crippen molar-refractivity contribution >= 4 is 21.1 Å². The molecule has 2 heterocycles. The lowest BCUT2D eigenvalue weighted by atomic mass is 10.1. The van der Waals surface area contributed by atoms with Crippen LogP contribution < -0.4 is 5.73 Å². The molecule has 0 aliphatic carbocycles. The molecule has 3 N–H and O–H groups in total. The normalized spacial score (nSPS) is 21.8. The van der Waals surface area contributed by atoms with Crippen molar-refractivity contribution < 1.29 is 8.42 Å². The summed E-state index contributed by atoms with van der Waals surface area (Å²) < 4.78 is 26.4. The average Bonchev–Trinajstić information content (AvgIpc) is 2.83. The van der Waals surface area contributed by atoms with Crippen LogP contribution >= 0.6 is 0 Å². The van der Waals surface area contributed by atoms with E-state index >= 15 is 0 Å². The fourth-order valence-corrected chi connectivity index (χ4v) is 3.82. The second-order valence-electron chi connectivity index (χ2n) is 4.82. The minimum atomic E-state index is -3.57. The third kappa shape index (κ3) is 2.24. The van der Waals surface area contributed by atoms with Crippen LogP contribution in [0.4, 0.5) is 0 Å². The van der Waals surface area contributed by atoms with E-state index in [2.05, 4.69) is 9.97 Å². The van der Waals surface area contributed by atoms with Crippen molar-refractivity contribution in [2.24, 2.45) is 5.73 Å². The number of aromatic amines is 1. The van der Waals surface area contributed by atoms with Gasteiger partial charge >= 0.3 is 0 Å². The van der Waals surface area contributed by atoms with Crippen molar-refractivity contribution in [2.45, 2.75) is 24.0 Å². The Morgan fingerprint density at radius 3 is 2.89 bits per heavy atom. The van der Waals surface area contributed by atoms with Gasteiger partial charge < -0.3 is 10.7 Å².